The number of nitrogens with one attached hydrogen (secondary N) is 1. The summed E-state index contributed by atoms with van der Waals surface area (Å²) < 4.78 is 25.2. The topological polar surface area (TPSA) is 83.6 Å². The zero-order valence-electron chi connectivity index (χ0n) is 15.8. The number of amides is 2. The van der Waals surface area contributed by atoms with E-state index in [4.69, 9.17) is 11.6 Å². The number of hydrogen-bond donors (Lipinski definition) is 1. The zero-order valence-corrected chi connectivity index (χ0v) is 17.3. The first kappa shape index (κ1) is 20.4. The number of carbonyl (C=O) groups excluding carboxylic acids is 2. The summed E-state index contributed by atoms with van der Waals surface area (Å²) in [6.45, 7) is 5.62. The molecule has 2 aromatic rings. The summed E-state index contributed by atoms with van der Waals surface area (Å²) in [5, 5.41) is 2.92. The molecular formula is C20H21ClN2O4S. The van der Waals surface area contributed by atoms with Gasteiger partial charge in [0.15, 0.2) is 0 Å². The summed E-state index contributed by atoms with van der Waals surface area (Å²) in [4.78, 5) is 24.9. The second-order valence-electron chi connectivity index (χ2n) is 7.14. The molecule has 148 valence electrons. The third-order valence-corrected chi connectivity index (χ3v) is 6.80. The molecule has 1 fully saturated rings. The van der Waals surface area contributed by atoms with E-state index in [1.165, 1.54) is 18.2 Å². The van der Waals surface area contributed by atoms with Gasteiger partial charge in [0.1, 0.15) is 0 Å². The third kappa shape index (κ3) is 3.77. The fourth-order valence-electron chi connectivity index (χ4n) is 3.21. The Balaban J connectivity index is 1.89. The van der Waals surface area contributed by atoms with Gasteiger partial charge in [0.05, 0.1) is 27.9 Å². The molecular weight excluding hydrogens is 400 g/mol. The lowest BCUT2D eigenvalue weighted by Crippen LogP contribution is -2.30. The summed E-state index contributed by atoms with van der Waals surface area (Å²) in [5.74, 6) is -1.53. The Hall–Kier alpha value is -2.38. The first-order valence-electron chi connectivity index (χ1n) is 8.88. The van der Waals surface area contributed by atoms with Crippen LogP contribution in [0.15, 0.2) is 42.5 Å². The number of nitrogens with zero attached hydrogens (tertiary/aromatic N) is 1. The van der Waals surface area contributed by atoms with Gasteiger partial charge in [-0.05, 0) is 35.7 Å². The van der Waals surface area contributed by atoms with E-state index in [9.17, 15) is 18.0 Å². The predicted molar refractivity (Wildman–Crippen MR) is 110 cm³/mol. The quantitative estimate of drug-likeness (QED) is 0.809. The first-order chi connectivity index (χ1) is 13.1. The molecule has 0 aliphatic carbocycles. The van der Waals surface area contributed by atoms with Gasteiger partial charge in [-0.1, -0.05) is 50.6 Å². The van der Waals surface area contributed by atoms with Crippen LogP contribution in [0.1, 0.15) is 42.6 Å². The van der Waals surface area contributed by atoms with Crippen LogP contribution in [0.25, 0.3) is 0 Å². The maximum Gasteiger partial charge on any atom is 0.257 e. The number of rotatable bonds is 4. The van der Waals surface area contributed by atoms with E-state index in [0.29, 0.717) is 5.69 Å². The fraction of sp³-hybridized carbons (Fsp3) is 0.300. The summed E-state index contributed by atoms with van der Waals surface area (Å²) in [7, 11) is -3.73. The molecule has 3 rings (SSSR count). The molecule has 2 amide bonds. The Morgan fingerprint density at radius 3 is 2.46 bits per heavy atom. The minimum absolute atomic E-state index is 0.0691. The second-order valence-corrected chi connectivity index (χ2v) is 9.41. The molecule has 0 saturated carbocycles. The molecule has 0 spiro atoms. The van der Waals surface area contributed by atoms with Crippen molar-refractivity contribution >= 4 is 44.8 Å². The Bertz CT molecular complexity index is 1050. The first-order valence-corrected chi connectivity index (χ1v) is 10.9. The number of halogens is 1. The monoisotopic (exact) mass is 420 g/mol. The molecule has 1 N–H and O–H groups in total. The molecule has 1 saturated heterocycles. The molecule has 1 heterocycles. The van der Waals surface area contributed by atoms with Crippen molar-refractivity contribution in [2.75, 3.05) is 15.4 Å². The van der Waals surface area contributed by atoms with Crippen molar-refractivity contribution in [3.05, 3.63) is 58.6 Å². The molecule has 0 bridgehead atoms. The van der Waals surface area contributed by atoms with E-state index in [1.54, 1.807) is 6.92 Å². The third-order valence-electron chi connectivity index (χ3n) is 4.62. The van der Waals surface area contributed by atoms with Gasteiger partial charge in [-0.3, -0.25) is 9.59 Å². The smallest absolute Gasteiger partial charge is 0.257 e. The fourth-order valence-corrected chi connectivity index (χ4v) is 5.28. The highest BCUT2D eigenvalue weighted by Crippen LogP contribution is 2.32. The van der Waals surface area contributed by atoms with Gasteiger partial charge < -0.3 is 5.32 Å². The summed E-state index contributed by atoms with van der Waals surface area (Å²) >= 11 is 6.25. The molecule has 6 nitrogen and oxygen atoms in total. The van der Waals surface area contributed by atoms with Crippen LogP contribution < -0.4 is 9.62 Å². The van der Waals surface area contributed by atoms with E-state index in [1.807, 2.05) is 38.1 Å². The average Bonchev–Trinajstić information content (AvgIpc) is 2.82. The van der Waals surface area contributed by atoms with Crippen LogP contribution in [0.2, 0.25) is 5.02 Å². The molecule has 1 aliphatic heterocycles. The number of para-hydroxylation sites is 1. The molecule has 0 aromatic heterocycles. The molecule has 1 unspecified atom stereocenters. The maximum atomic E-state index is 12.7. The van der Waals surface area contributed by atoms with E-state index >= 15 is 0 Å². The number of hydrogen-bond acceptors (Lipinski definition) is 4. The number of carbonyl (C=O) groups is 2. The van der Waals surface area contributed by atoms with Crippen LogP contribution in [-0.2, 0) is 14.8 Å². The van der Waals surface area contributed by atoms with Crippen LogP contribution in [0.3, 0.4) is 0 Å². The Morgan fingerprint density at radius 2 is 1.89 bits per heavy atom. The lowest BCUT2D eigenvalue weighted by molar-refractivity contribution is -0.119. The van der Waals surface area contributed by atoms with Gasteiger partial charge in [0.25, 0.3) is 5.91 Å². The van der Waals surface area contributed by atoms with Gasteiger partial charge in [0, 0.05) is 5.69 Å². The van der Waals surface area contributed by atoms with Gasteiger partial charge in [-0.25, -0.2) is 12.7 Å². The Kier molecular flexibility index (Phi) is 5.50. The SMILES string of the molecule is CC1CS(=O)(=O)N(c2ccc(C(=O)Nc3ccccc3C(C)C)c(Cl)c2)C1=O. The van der Waals surface area contributed by atoms with Crippen molar-refractivity contribution < 1.29 is 18.0 Å². The van der Waals surface area contributed by atoms with Crippen LogP contribution in [0, 0.1) is 5.92 Å². The minimum Gasteiger partial charge on any atom is -0.322 e. The van der Waals surface area contributed by atoms with Crippen molar-refractivity contribution in [3.63, 3.8) is 0 Å². The molecule has 8 heteroatoms. The van der Waals surface area contributed by atoms with E-state index in [0.717, 1.165) is 9.87 Å². The average molecular weight is 421 g/mol. The lowest BCUT2D eigenvalue weighted by atomic mass is 10.0. The van der Waals surface area contributed by atoms with Crippen molar-refractivity contribution in [1.29, 1.82) is 0 Å². The maximum absolute atomic E-state index is 12.7. The highest BCUT2D eigenvalue weighted by Gasteiger charge is 2.42. The largest absolute Gasteiger partial charge is 0.322 e. The number of anilines is 2. The van der Waals surface area contributed by atoms with Crippen LogP contribution >= 0.6 is 11.6 Å². The number of benzene rings is 2. The predicted octanol–water partition coefficient (Wildman–Crippen LogP) is 4.03. The molecule has 0 radical (unpaired) electrons. The van der Waals surface area contributed by atoms with Gasteiger partial charge >= 0.3 is 0 Å². The Labute approximate surface area is 169 Å². The second kappa shape index (κ2) is 7.56. The van der Waals surface area contributed by atoms with Gasteiger partial charge in [-0.15, -0.1) is 0 Å². The van der Waals surface area contributed by atoms with Crippen LogP contribution in [0.5, 0.6) is 0 Å². The van der Waals surface area contributed by atoms with Crippen LogP contribution in [-0.4, -0.2) is 26.0 Å². The van der Waals surface area contributed by atoms with Crippen molar-refractivity contribution in [1.82, 2.24) is 0 Å². The Morgan fingerprint density at radius 1 is 1.21 bits per heavy atom. The van der Waals surface area contributed by atoms with Gasteiger partial charge in [0.2, 0.25) is 15.9 Å². The normalized spacial score (nSPS) is 18.5. The summed E-state index contributed by atoms with van der Waals surface area (Å²) in [6.07, 6.45) is 0. The van der Waals surface area contributed by atoms with Crippen molar-refractivity contribution in [2.45, 2.75) is 26.7 Å². The van der Waals surface area contributed by atoms with E-state index in [2.05, 4.69) is 5.32 Å². The summed E-state index contributed by atoms with van der Waals surface area (Å²) in [6, 6.07) is 11.7. The molecule has 1 atom stereocenters. The molecule has 1 aliphatic rings. The summed E-state index contributed by atoms with van der Waals surface area (Å²) in [5.41, 5.74) is 2.01. The van der Waals surface area contributed by atoms with Gasteiger partial charge in [-0.2, -0.15) is 0 Å². The lowest BCUT2D eigenvalue weighted by Gasteiger charge is -2.17. The van der Waals surface area contributed by atoms with E-state index in [-0.39, 0.29) is 27.9 Å². The van der Waals surface area contributed by atoms with Crippen molar-refractivity contribution in [2.24, 2.45) is 5.92 Å². The number of sulfonamides is 1. The molecule has 2 aromatic carbocycles. The van der Waals surface area contributed by atoms with Crippen molar-refractivity contribution in [3.8, 4) is 0 Å². The standard InChI is InChI=1S/C20H21ClN2O4S/c1-12(2)15-6-4-5-7-18(15)22-19(24)16-9-8-14(10-17(16)21)23-20(25)13(3)11-28(23,26)27/h4-10,12-13H,11H2,1-3H3,(H,22,24). The highest BCUT2D eigenvalue weighted by atomic mass is 35.5. The highest BCUT2D eigenvalue weighted by molar-refractivity contribution is 7.94. The van der Waals surface area contributed by atoms with Crippen LogP contribution in [0.4, 0.5) is 11.4 Å². The zero-order chi connectivity index (χ0) is 20.6. The minimum atomic E-state index is -3.73. The molecule has 28 heavy (non-hydrogen) atoms. The van der Waals surface area contributed by atoms with E-state index < -0.39 is 27.8 Å².